The maximum atomic E-state index is 12.4. The van der Waals surface area contributed by atoms with Crippen LogP contribution >= 0.6 is 15.9 Å². The van der Waals surface area contributed by atoms with Gasteiger partial charge in [0, 0.05) is 17.1 Å². The fourth-order valence-electron chi connectivity index (χ4n) is 2.72. The average molecular weight is 355 g/mol. The zero-order valence-electron chi connectivity index (χ0n) is 11.9. The maximum absolute atomic E-state index is 12.4. The summed E-state index contributed by atoms with van der Waals surface area (Å²) in [5, 5.41) is 11.8. The van der Waals surface area contributed by atoms with Crippen LogP contribution in [0.15, 0.2) is 22.7 Å². The van der Waals surface area contributed by atoms with Crippen molar-refractivity contribution in [3.05, 3.63) is 28.2 Å². The molecule has 5 nitrogen and oxygen atoms in total. The lowest BCUT2D eigenvalue weighted by Crippen LogP contribution is -2.41. The highest BCUT2D eigenvalue weighted by atomic mass is 79.9. The molecule has 1 aliphatic rings. The van der Waals surface area contributed by atoms with Crippen LogP contribution in [0.4, 0.5) is 10.5 Å². The van der Waals surface area contributed by atoms with Crippen molar-refractivity contribution in [3.63, 3.8) is 0 Å². The average Bonchev–Trinajstić information content (AvgIpc) is 2.95. The lowest BCUT2D eigenvalue weighted by atomic mass is 10.2. The minimum absolute atomic E-state index is 0.131. The molecule has 0 atom stereocenters. The summed E-state index contributed by atoms with van der Waals surface area (Å²) in [7, 11) is 0. The molecule has 1 saturated carbocycles. The van der Waals surface area contributed by atoms with Crippen molar-refractivity contribution >= 4 is 33.6 Å². The van der Waals surface area contributed by atoms with Crippen molar-refractivity contribution in [1.29, 1.82) is 0 Å². The Balaban J connectivity index is 2.09. The van der Waals surface area contributed by atoms with E-state index in [0.717, 1.165) is 12.8 Å². The minimum Gasteiger partial charge on any atom is -0.478 e. The Labute approximate surface area is 132 Å². The monoisotopic (exact) mass is 354 g/mol. The third kappa shape index (κ3) is 3.75. The van der Waals surface area contributed by atoms with E-state index in [1.54, 1.807) is 6.07 Å². The highest BCUT2D eigenvalue weighted by Crippen LogP contribution is 2.27. The largest absolute Gasteiger partial charge is 0.478 e. The summed E-state index contributed by atoms with van der Waals surface area (Å²) in [6.07, 6.45) is 4.46. The molecule has 1 fully saturated rings. The van der Waals surface area contributed by atoms with Gasteiger partial charge in [-0.2, -0.15) is 0 Å². The number of benzene rings is 1. The molecule has 1 aromatic rings. The van der Waals surface area contributed by atoms with Crippen molar-refractivity contribution < 1.29 is 14.7 Å². The minimum atomic E-state index is -0.991. The molecule has 0 bridgehead atoms. The molecular formula is C15H19BrN2O3. The van der Waals surface area contributed by atoms with Gasteiger partial charge in [-0.3, -0.25) is 0 Å². The second kappa shape index (κ2) is 6.93. The highest BCUT2D eigenvalue weighted by molar-refractivity contribution is 9.10. The Morgan fingerprint density at radius 1 is 1.38 bits per heavy atom. The number of carboxylic acids is 1. The molecule has 2 N–H and O–H groups in total. The van der Waals surface area contributed by atoms with Gasteiger partial charge in [0.15, 0.2) is 0 Å². The molecule has 2 rings (SSSR count). The van der Waals surface area contributed by atoms with Crippen LogP contribution in [0.25, 0.3) is 0 Å². The van der Waals surface area contributed by atoms with Crippen LogP contribution in [0.5, 0.6) is 0 Å². The Kier molecular flexibility index (Phi) is 5.22. The Morgan fingerprint density at radius 3 is 2.57 bits per heavy atom. The molecule has 2 amide bonds. The van der Waals surface area contributed by atoms with Crippen LogP contribution in [0.2, 0.25) is 0 Å². The maximum Gasteiger partial charge on any atom is 0.335 e. The summed E-state index contributed by atoms with van der Waals surface area (Å²) >= 11 is 3.30. The van der Waals surface area contributed by atoms with E-state index >= 15 is 0 Å². The van der Waals surface area contributed by atoms with Crippen LogP contribution in [0, 0.1) is 0 Å². The van der Waals surface area contributed by atoms with Crippen molar-refractivity contribution in [1.82, 2.24) is 4.90 Å². The van der Waals surface area contributed by atoms with Gasteiger partial charge in [0.1, 0.15) is 0 Å². The smallest absolute Gasteiger partial charge is 0.335 e. The van der Waals surface area contributed by atoms with Gasteiger partial charge in [-0.1, -0.05) is 12.8 Å². The van der Waals surface area contributed by atoms with Gasteiger partial charge in [-0.25, -0.2) is 9.59 Å². The molecule has 0 heterocycles. The van der Waals surface area contributed by atoms with Crippen LogP contribution in [0.3, 0.4) is 0 Å². The van der Waals surface area contributed by atoms with E-state index in [0.29, 0.717) is 22.7 Å². The lowest BCUT2D eigenvalue weighted by Gasteiger charge is -2.28. The Morgan fingerprint density at radius 2 is 2.05 bits per heavy atom. The number of aromatic carboxylic acids is 1. The van der Waals surface area contributed by atoms with Crippen LogP contribution in [0.1, 0.15) is 43.0 Å². The number of nitrogens with zero attached hydrogens (tertiary/aromatic N) is 1. The fraction of sp³-hybridized carbons (Fsp3) is 0.467. The van der Waals surface area contributed by atoms with E-state index < -0.39 is 5.97 Å². The molecule has 0 aliphatic heterocycles. The number of halogens is 1. The molecule has 21 heavy (non-hydrogen) atoms. The van der Waals surface area contributed by atoms with E-state index in [9.17, 15) is 9.59 Å². The van der Waals surface area contributed by atoms with Crippen molar-refractivity contribution in [2.24, 2.45) is 0 Å². The molecule has 0 spiro atoms. The first-order valence-corrected chi connectivity index (χ1v) is 7.92. The molecule has 0 radical (unpaired) electrons. The predicted octanol–water partition coefficient (Wildman–Crippen LogP) is 3.94. The molecular weight excluding hydrogens is 336 g/mol. The number of hydrogen-bond acceptors (Lipinski definition) is 2. The predicted molar refractivity (Wildman–Crippen MR) is 84.8 cm³/mol. The summed E-state index contributed by atoms with van der Waals surface area (Å²) in [5.41, 5.74) is 0.768. The number of carboxylic acid groups (broad SMARTS) is 1. The molecule has 1 aromatic carbocycles. The third-order valence-electron chi connectivity index (χ3n) is 3.82. The third-order valence-corrected chi connectivity index (χ3v) is 4.48. The Bertz CT molecular complexity index is 542. The summed E-state index contributed by atoms with van der Waals surface area (Å²) in [5.74, 6) is -0.991. The van der Waals surface area contributed by atoms with Gasteiger partial charge in [-0.15, -0.1) is 0 Å². The van der Waals surface area contributed by atoms with Gasteiger partial charge < -0.3 is 15.3 Å². The normalized spacial score (nSPS) is 15.0. The summed E-state index contributed by atoms with van der Waals surface area (Å²) in [6, 6.07) is 4.76. The standard InChI is InChI=1S/C15H19BrN2O3/c1-2-18(11-5-3-4-6-11)15(21)17-13-8-7-10(14(19)20)9-12(13)16/h7-9,11H,2-6H2,1H3,(H,17,21)(H,19,20). The zero-order chi connectivity index (χ0) is 15.4. The van der Waals surface area contributed by atoms with Gasteiger partial charge in [-0.05, 0) is 53.9 Å². The van der Waals surface area contributed by atoms with Crippen molar-refractivity contribution in [2.75, 3.05) is 11.9 Å². The first-order valence-electron chi connectivity index (χ1n) is 7.13. The quantitative estimate of drug-likeness (QED) is 0.859. The van der Waals surface area contributed by atoms with Crippen molar-refractivity contribution in [2.45, 2.75) is 38.6 Å². The van der Waals surface area contributed by atoms with E-state index in [2.05, 4.69) is 21.2 Å². The Hall–Kier alpha value is -1.56. The SMILES string of the molecule is CCN(C(=O)Nc1ccc(C(=O)O)cc1Br)C1CCCC1. The number of amides is 2. The van der Waals surface area contributed by atoms with Gasteiger partial charge in [0.25, 0.3) is 0 Å². The second-order valence-electron chi connectivity index (χ2n) is 5.15. The lowest BCUT2D eigenvalue weighted by molar-refractivity contribution is 0.0697. The summed E-state index contributed by atoms with van der Waals surface area (Å²) < 4.78 is 0.568. The zero-order valence-corrected chi connectivity index (χ0v) is 13.5. The van der Waals surface area contributed by atoms with E-state index in [1.807, 2.05) is 11.8 Å². The van der Waals surface area contributed by atoms with Gasteiger partial charge >= 0.3 is 12.0 Å². The molecule has 114 valence electrons. The molecule has 0 saturated heterocycles. The van der Waals surface area contributed by atoms with E-state index in [1.165, 1.54) is 25.0 Å². The van der Waals surface area contributed by atoms with Gasteiger partial charge in [0.2, 0.25) is 0 Å². The topological polar surface area (TPSA) is 69.6 Å². The highest BCUT2D eigenvalue weighted by Gasteiger charge is 2.25. The first kappa shape index (κ1) is 15.8. The number of hydrogen-bond donors (Lipinski definition) is 2. The molecule has 1 aliphatic carbocycles. The fourth-order valence-corrected chi connectivity index (χ4v) is 3.20. The number of rotatable bonds is 4. The molecule has 0 aromatic heterocycles. The number of carbonyl (C=O) groups excluding carboxylic acids is 1. The van der Waals surface area contributed by atoms with Crippen LogP contribution in [-0.4, -0.2) is 34.6 Å². The number of carbonyl (C=O) groups is 2. The summed E-state index contributed by atoms with van der Waals surface area (Å²) in [6.45, 7) is 2.64. The van der Waals surface area contributed by atoms with Crippen molar-refractivity contribution in [3.8, 4) is 0 Å². The van der Waals surface area contributed by atoms with Crippen LogP contribution in [-0.2, 0) is 0 Å². The summed E-state index contributed by atoms with van der Waals surface area (Å²) in [4.78, 5) is 25.1. The van der Waals surface area contributed by atoms with E-state index in [4.69, 9.17) is 5.11 Å². The second-order valence-corrected chi connectivity index (χ2v) is 6.01. The first-order chi connectivity index (χ1) is 10.0. The van der Waals surface area contributed by atoms with Crippen LogP contribution < -0.4 is 5.32 Å². The van der Waals surface area contributed by atoms with E-state index in [-0.39, 0.29) is 11.6 Å². The molecule has 6 heteroatoms. The number of urea groups is 1. The number of anilines is 1. The molecule has 0 unspecified atom stereocenters. The number of nitrogens with one attached hydrogen (secondary N) is 1. The van der Waals surface area contributed by atoms with Gasteiger partial charge in [0.05, 0.1) is 11.3 Å².